The van der Waals surface area contributed by atoms with E-state index >= 15 is 0 Å². The lowest BCUT2D eigenvalue weighted by molar-refractivity contribution is -0.134. The molecule has 10 heteroatoms. The molecule has 0 bridgehead atoms. The van der Waals surface area contributed by atoms with Gasteiger partial charge in [0.1, 0.15) is 22.6 Å². The molecule has 6 nitrogen and oxygen atoms in total. The van der Waals surface area contributed by atoms with Gasteiger partial charge in [0.2, 0.25) is 21.8 Å². The predicted molar refractivity (Wildman–Crippen MR) is 70.6 cm³/mol. The quantitative estimate of drug-likeness (QED) is 0.756. The summed E-state index contributed by atoms with van der Waals surface area (Å²) in [4.78, 5) is 21.7. The maximum Gasteiger partial charge on any atom is 0.245 e. The third kappa shape index (κ3) is 3.44. The monoisotopic (exact) mass is 382 g/mol. The van der Waals surface area contributed by atoms with Gasteiger partial charge in [-0.3, -0.25) is 14.9 Å². The molecule has 0 aliphatic carbocycles. The second-order valence-corrected chi connectivity index (χ2v) is 6.83. The number of carbonyl (C=O) groups is 2. The third-order valence-corrected chi connectivity index (χ3v) is 5.20. The van der Waals surface area contributed by atoms with Gasteiger partial charge < -0.3 is 0 Å². The van der Waals surface area contributed by atoms with Crippen molar-refractivity contribution in [1.29, 1.82) is 0 Å². The Labute approximate surface area is 127 Å². The van der Waals surface area contributed by atoms with Crippen LogP contribution in [0.3, 0.4) is 0 Å². The van der Waals surface area contributed by atoms with Crippen molar-refractivity contribution in [2.45, 2.75) is 23.8 Å². The van der Waals surface area contributed by atoms with E-state index in [2.05, 4.69) is 15.9 Å². The summed E-state index contributed by atoms with van der Waals surface area (Å²) < 4.78 is 52.6. The lowest BCUT2D eigenvalue weighted by atomic mass is 10.1. The number of hydrogen-bond donors (Lipinski definition) is 2. The Morgan fingerprint density at radius 2 is 1.95 bits per heavy atom. The van der Waals surface area contributed by atoms with Crippen LogP contribution < -0.4 is 10.0 Å². The van der Waals surface area contributed by atoms with E-state index < -0.39 is 44.4 Å². The van der Waals surface area contributed by atoms with E-state index in [0.29, 0.717) is 6.07 Å². The minimum atomic E-state index is -4.40. The molecule has 1 aromatic carbocycles. The third-order valence-electron chi connectivity index (χ3n) is 2.77. The van der Waals surface area contributed by atoms with Crippen LogP contribution in [-0.2, 0) is 19.6 Å². The molecule has 1 unspecified atom stereocenters. The summed E-state index contributed by atoms with van der Waals surface area (Å²) in [7, 11) is -4.40. The Morgan fingerprint density at radius 1 is 1.29 bits per heavy atom. The topological polar surface area (TPSA) is 92.3 Å². The Hall–Kier alpha value is -1.39. The van der Waals surface area contributed by atoms with Crippen LogP contribution in [0.5, 0.6) is 0 Å². The van der Waals surface area contributed by atoms with E-state index in [9.17, 15) is 26.8 Å². The van der Waals surface area contributed by atoms with Gasteiger partial charge in [0.15, 0.2) is 0 Å². The largest absolute Gasteiger partial charge is 0.295 e. The van der Waals surface area contributed by atoms with Crippen LogP contribution in [0.15, 0.2) is 21.5 Å². The number of nitrogens with one attached hydrogen (secondary N) is 2. The minimum absolute atomic E-state index is 0.0357. The van der Waals surface area contributed by atoms with Crippen molar-refractivity contribution in [1.82, 2.24) is 10.0 Å². The van der Waals surface area contributed by atoms with Gasteiger partial charge in [-0.25, -0.2) is 17.2 Å². The first-order valence-electron chi connectivity index (χ1n) is 5.71. The number of hydrogen-bond acceptors (Lipinski definition) is 4. The number of piperidine rings is 1. The van der Waals surface area contributed by atoms with Gasteiger partial charge in [0.05, 0.1) is 0 Å². The van der Waals surface area contributed by atoms with Crippen molar-refractivity contribution in [3.05, 3.63) is 28.2 Å². The number of benzene rings is 1. The summed E-state index contributed by atoms with van der Waals surface area (Å²) in [5, 5.41) is 1.97. The van der Waals surface area contributed by atoms with Gasteiger partial charge in [-0.15, -0.1) is 0 Å². The Kier molecular flexibility index (Phi) is 4.40. The zero-order valence-electron chi connectivity index (χ0n) is 10.3. The molecule has 1 aliphatic heterocycles. The highest BCUT2D eigenvalue weighted by atomic mass is 79.9. The fourth-order valence-corrected chi connectivity index (χ4v) is 4.23. The molecule has 1 aliphatic rings. The summed E-state index contributed by atoms with van der Waals surface area (Å²) in [6.07, 6.45) is -0.0731. The minimum Gasteiger partial charge on any atom is -0.295 e. The van der Waals surface area contributed by atoms with Crippen molar-refractivity contribution in [3.8, 4) is 0 Å². The van der Waals surface area contributed by atoms with Crippen LogP contribution >= 0.6 is 15.9 Å². The first kappa shape index (κ1) is 16.0. The molecule has 0 aromatic heterocycles. The predicted octanol–water partition coefficient (Wildman–Crippen LogP) is 0.811. The molecule has 1 aromatic rings. The van der Waals surface area contributed by atoms with Crippen LogP contribution in [0.25, 0.3) is 0 Å². The van der Waals surface area contributed by atoms with Crippen molar-refractivity contribution in [3.63, 3.8) is 0 Å². The van der Waals surface area contributed by atoms with Gasteiger partial charge in [-0.2, -0.15) is 4.72 Å². The zero-order valence-corrected chi connectivity index (χ0v) is 12.7. The van der Waals surface area contributed by atoms with Crippen LogP contribution in [0, 0.1) is 11.6 Å². The standard InChI is InChI=1S/C11H9BrF2N2O4S/c12-6-3-5(13)4-7(14)10(6)21(19,20)16-8-1-2-9(17)15-11(8)18/h3-4,8,16H,1-2H2,(H,15,17,18). The number of rotatable bonds is 3. The molecule has 2 N–H and O–H groups in total. The fraction of sp³-hybridized carbons (Fsp3) is 0.273. The second kappa shape index (κ2) is 5.78. The Bertz CT molecular complexity index is 700. The number of sulfonamides is 1. The SMILES string of the molecule is O=C1CCC(NS(=O)(=O)c2c(F)cc(F)cc2Br)C(=O)N1. The molecular weight excluding hydrogens is 374 g/mol. The van der Waals surface area contributed by atoms with E-state index in [1.807, 2.05) is 10.0 Å². The molecular formula is C11H9BrF2N2O4S. The number of amides is 2. The highest BCUT2D eigenvalue weighted by Gasteiger charge is 2.33. The first-order valence-corrected chi connectivity index (χ1v) is 7.99. The smallest absolute Gasteiger partial charge is 0.245 e. The van der Waals surface area contributed by atoms with E-state index in [1.165, 1.54) is 0 Å². The molecule has 1 atom stereocenters. The van der Waals surface area contributed by atoms with Crippen molar-refractivity contribution in [2.24, 2.45) is 0 Å². The average molecular weight is 383 g/mol. The lowest BCUT2D eigenvalue weighted by Crippen LogP contribution is -2.52. The van der Waals surface area contributed by atoms with E-state index in [-0.39, 0.29) is 17.3 Å². The molecule has 1 fully saturated rings. The molecule has 21 heavy (non-hydrogen) atoms. The fourth-order valence-electron chi connectivity index (χ4n) is 1.84. The average Bonchev–Trinajstić information content (AvgIpc) is 2.30. The van der Waals surface area contributed by atoms with E-state index in [1.54, 1.807) is 0 Å². The molecule has 114 valence electrons. The van der Waals surface area contributed by atoms with E-state index in [0.717, 1.165) is 6.07 Å². The Morgan fingerprint density at radius 3 is 2.52 bits per heavy atom. The normalized spacial score (nSPS) is 19.5. The maximum absolute atomic E-state index is 13.7. The summed E-state index contributed by atoms with van der Waals surface area (Å²) in [6, 6.07) is 0.0235. The van der Waals surface area contributed by atoms with Gasteiger partial charge >= 0.3 is 0 Å². The summed E-state index contributed by atoms with van der Waals surface area (Å²) in [5.74, 6) is -3.56. The van der Waals surface area contributed by atoms with Gasteiger partial charge in [-0.1, -0.05) is 0 Å². The lowest BCUT2D eigenvalue weighted by Gasteiger charge is -2.22. The highest BCUT2D eigenvalue weighted by molar-refractivity contribution is 9.10. The van der Waals surface area contributed by atoms with E-state index in [4.69, 9.17) is 0 Å². The molecule has 0 spiro atoms. The maximum atomic E-state index is 13.7. The zero-order chi connectivity index (χ0) is 15.8. The van der Waals surface area contributed by atoms with Crippen molar-refractivity contribution in [2.75, 3.05) is 0 Å². The van der Waals surface area contributed by atoms with Crippen LogP contribution in [0.4, 0.5) is 8.78 Å². The number of halogens is 3. The van der Waals surface area contributed by atoms with Gasteiger partial charge in [-0.05, 0) is 28.4 Å². The van der Waals surface area contributed by atoms with Crippen molar-refractivity contribution < 1.29 is 26.8 Å². The highest BCUT2D eigenvalue weighted by Crippen LogP contribution is 2.26. The van der Waals surface area contributed by atoms with Crippen LogP contribution in [-0.4, -0.2) is 26.3 Å². The van der Waals surface area contributed by atoms with Gasteiger partial charge in [0.25, 0.3) is 0 Å². The molecule has 2 amide bonds. The summed E-state index contributed by atoms with van der Waals surface area (Å²) in [5.41, 5.74) is 0. The van der Waals surface area contributed by atoms with Crippen LogP contribution in [0.1, 0.15) is 12.8 Å². The Balaban J connectivity index is 2.31. The molecule has 0 saturated carbocycles. The molecule has 0 radical (unpaired) electrons. The number of imide groups is 1. The van der Waals surface area contributed by atoms with Crippen LogP contribution in [0.2, 0.25) is 0 Å². The number of carbonyl (C=O) groups excluding carboxylic acids is 2. The molecule has 1 saturated heterocycles. The molecule has 2 rings (SSSR count). The molecule has 1 heterocycles. The summed E-state index contributed by atoms with van der Waals surface area (Å²) in [6.45, 7) is 0. The first-order chi connectivity index (χ1) is 9.70. The van der Waals surface area contributed by atoms with Gasteiger partial charge in [0, 0.05) is 17.0 Å². The summed E-state index contributed by atoms with van der Waals surface area (Å²) >= 11 is 2.77. The second-order valence-electron chi connectivity index (χ2n) is 4.32. The van der Waals surface area contributed by atoms with Crippen molar-refractivity contribution >= 4 is 37.8 Å².